The summed E-state index contributed by atoms with van der Waals surface area (Å²) in [4.78, 5) is 13.5. The number of carboxylic acid groups (broad SMARTS) is 1. The van der Waals surface area contributed by atoms with Gasteiger partial charge in [-0.25, -0.2) is 13.7 Å². The Morgan fingerprint density at radius 3 is 2.62 bits per heavy atom. The maximum atomic E-state index is 12.3. The molecular formula is C19H26N2O3S2. The number of hydrogen-bond donors (Lipinski definition) is 2. The molecule has 5 nitrogen and oxygen atoms in total. The molecule has 2 rings (SSSR count). The van der Waals surface area contributed by atoms with E-state index >= 15 is 0 Å². The Hall–Kier alpha value is -1.70. The second-order valence-electron chi connectivity index (χ2n) is 7.25. The van der Waals surface area contributed by atoms with Gasteiger partial charge in [-0.2, -0.15) is 0 Å². The minimum atomic E-state index is -1.14. The van der Waals surface area contributed by atoms with E-state index in [2.05, 4.69) is 16.2 Å². The monoisotopic (exact) mass is 394 g/mol. The van der Waals surface area contributed by atoms with E-state index in [0.29, 0.717) is 6.54 Å². The van der Waals surface area contributed by atoms with E-state index in [9.17, 15) is 9.00 Å². The van der Waals surface area contributed by atoms with Crippen LogP contribution >= 0.6 is 11.3 Å². The standard InChI is InChI=1S/C19H26N2O3S2/c1-13(20-26(24)19(2,3)4)17-10-15(12-25-17)16-9-7-6-8-14(16)11-21(5)18(22)23/h6-10,12-13,20H,11H2,1-5H3,(H,22,23)/t13-,26?/m0/s1. The van der Waals surface area contributed by atoms with E-state index in [1.54, 1.807) is 18.4 Å². The molecule has 0 fully saturated rings. The van der Waals surface area contributed by atoms with E-state index in [1.807, 2.05) is 52.0 Å². The number of hydrogen-bond acceptors (Lipinski definition) is 3. The number of nitrogens with one attached hydrogen (secondary N) is 1. The number of benzene rings is 1. The van der Waals surface area contributed by atoms with Crippen molar-refractivity contribution < 1.29 is 14.1 Å². The molecule has 0 aliphatic heterocycles. The lowest BCUT2D eigenvalue weighted by atomic mass is 10.0. The lowest BCUT2D eigenvalue weighted by Crippen LogP contribution is -2.34. The van der Waals surface area contributed by atoms with Gasteiger partial charge < -0.3 is 10.0 Å². The fraction of sp³-hybridized carbons (Fsp3) is 0.421. The molecule has 2 atom stereocenters. The van der Waals surface area contributed by atoms with Crippen molar-refractivity contribution in [3.8, 4) is 11.1 Å². The highest BCUT2D eigenvalue weighted by Crippen LogP contribution is 2.32. The van der Waals surface area contributed by atoms with Crippen molar-refractivity contribution in [2.24, 2.45) is 0 Å². The van der Waals surface area contributed by atoms with Crippen LogP contribution in [0.4, 0.5) is 4.79 Å². The van der Waals surface area contributed by atoms with Crippen molar-refractivity contribution in [1.82, 2.24) is 9.62 Å². The number of thiophene rings is 1. The maximum absolute atomic E-state index is 12.3. The predicted octanol–water partition coefficient (Wildman–Crippen LogP) is 4.64. The van der Waals surface area contributed by atoms with E-state index in [4.69, 9.17) is 5.11 Å². The van der Waals surface area contributed by atoms with Crippen molar-refractivity contribution >= 4 is 28.4 Å². The summed E-state index contributed by atoms with van der Waals surface area (Å²) < 4.78 is 15.2. The zero-order valence-corrected chi connectivity index (χ0v) is 17.4. The summed E-state index contributed by atoms with van der Waals surface area (Å²) in [6.07, 6.45) is -0.951. The molecule has 7 heteroatoms. The van der Waals surface area contributed by atoms with Crippen molar-refractivity contribution in [3.05, 3.63) is 46.2 Å². The van der Waals surface area contributed by atoms with Crippen LogP contribution < -0.4 is 4.72 Å². The van der Waals surface area contributed by atoms with Crippen LogP contribution in [0, 0.1) is 0 Å². The van der Waals surface area contributed by atoms with Crippen LogP contribution in [0.15, 0.2) is 35.7 Å². The Kier molecular flexibility index (Phi) is 6.60. The van der Waals surface area contributed by atoms with Gasteiger partial charge in [0, 0.05) is 18.5 Å². The van der Waals surface area contributed by atoms with Gasteiger partial charge in [0.2, 0.25) is 0 Å². The molecule has 1 aromatic heterocycles. The lowest BCUT2D eigenvalue weighted by molar-refractivity contribution is 0.154. The average molecular weight is 395 g/mol. The summed E-state index contributed by atoms with van der Waals surface area (Å²) in [5.74, 6) is 0. The van der Waals surface area contributed by atoms with E-state index in [0.717, 1.165) is 21.6 Å². The summed E-state index contributed by atoms with van der Waals surface area (Å²) in [5, 5.41) is 11.2. The third-order valence-electron chi connectivity index (χ3n) is 3.95. The summed E-state index contributed by atoms with van der Waals surface area (Å²) in [6.45, 7) is 8.16. The molecule has 2 N–H and O–H groups in total. The third kappa shape index (κ3) is 5.16. The second-order valence-corrected chi connectivity index (χ2v) is 10.2. The SMILES string of the molecule is C[C@H](NS(=O)C(C)(C)C)c1cc(-c2ccccc2CN(C)C(=O)O)cs1. The highest BCUT2D eigenvalue weighted by Gasteiger charge is 2.22. The van der Waals surface area contributed by atoms with Crippen molar-refractivity contribution in [1.29, 1.82) is 0 Å². The third-order valence-corrected chi connectivity index (χ3v) is 6.74. The minimum absolute atomic E-state index is 0.0253. The van der Waals surface area contributed by atoms with Gasteiger partial charge in [0.05, 0.1) is 21.8 Å². The fourth-order valence-electron chi connectivity index (χ4n) is 2.38. The van der Waals surface area contributed by atoms with Crippen LogP contribution in [-0.2, 0) is 17.5 Å². The predicted molar refractivity (Wildman–Crippen MR) is 109 cm³/mol. The highest BCUT2D eigenvalue weighted by atomic mass is 32.2. The average Bonchev–Trinajstić information content (AvgIpc) is 3.04. The summed E-state index contributed by atoms with van der Waals surface area (Å²) >= 11 is 1.61. The molecule has 0 spiro atoms. The molecular weight excluding hydrogens is 368 g/mol. The van der Waals surface area contributed by atoms with E-state index in [1.165, 1.54) is 4.90 Å². The van der Waals surface area contributed by atoms with Gasteiger partial charge >= 0.3 is 6.09 Å². The first-order valence-corrected chi connectivity index (χ1v) is 10.4. The van der Waals surface area contributed by atoms with Crippen LogP contribution in [0.3, 0.4) is 0 Å². The van der Waals surface area contributed by atoms with Crippen LogP contribution in [-0.4, -0.2) is 32.1 Å². The Balaban J connectivity index is 2.22. The van der Waals surface area contributed by atoms with Crippen LogP contribution in [0.25, 0.3) is 11.1 Å². The highest BCUT2D eigenvalue weighted by molar-refractivity contribution is 7.84. The van der Waals surface area contributed by atoms with E-state index in [-0.39, 0.29) is 10.8 Å². The number of rotatable bonds is 6. The molecule has 1 heterocycles. The summed E-state index contributed by atoms with van der Waals surface area (Å²) in [6, 6.07) is 9.88. The van der Waals surface area contributed by atoms with Gasteiger partial charge in [-0.3, -0.25) is 0 Å². The maximum Gasteiger partial charge on any atom is 0.407 e. The van der Waals surface area contributed by atoms with Crippen molar-refractivity contribution in [2.45, 2.75) is 45.0 Å². The fourth-order valence-corrected chi connectivity index (χ4v) is 4.17. The van der Waals surface area contributed by atoms with Gasteiger partial charge in [-0.1, -0.05) is 24.3 Å². The molecule has 1 amide bonds. The first-order valence-electron chi connectivity index (χ1n) is 8.38. The van der Waals surface area contributed by atoms with Gasteiger partial charge in [-0.15, -0.1) is 11.3 Å². The van der Waals surface area contributed by atoms with Crippen LogP contribution in [0.1, 0.15) is 44.2 Å². The molecule has 0 aliphatic carbocycles. The molecule has 26 heavy (non-hydrogen) atoms. The number of nitrogens with zero attached hydrogens (tertiary/aromatic N) is 1. The van der Waals surface area contributed by atoms with Gasteiger partial charge in [0.15, 0.2) is 0 Å². The van der Waals surface area contributed by atoms with Gasteiger partial charge in [0.1, 0.15) is 0 Å². The molecule has 142 valence electrons. The Morgan fingerprint density at radius 2 is 2.00 bits per heavy atom. The number of carbonyl (C=O) groups is 1. The quantitative estimate of drug-likeness (QED) is 0.750. The topological polar surface area (TPSA) is 69.6 Å². The lowest BCUT2D eigenvalue weighted by Gasteiger charge is -2.21. The molecule has 0 saturated carbocycles. The molecule has 0 aliphatic rings. The van der Waals surface area contributed by atoms with E-state index < -0.39 is 17.1 Å². The van der Waals surface area contributed by atoms with Crippen molar-refractivity contribution in [2.75, 3.05) is 7.05 Å². The molecule has 0 saturated heterocycles. The zero-order valence-electron chi connectivity index (χ0n) is 15.8. The zero-order chi connectivity index (χ0) is 19.5. The first-order chi connectivity index (χ1) is 12.1. The Labute approximate surface area is 161 Å². The summed E-state index contributed by atoms with van der Waals surface area (Å²) in [5.41, 5.74) is 3.03. The molecule has 1 unspecified atom stereocenters. The molecule has 1 aromatic carbocycles. The molecule has 2 aromatic rings. The Bertz CT molecular complexity index is 796. The first kappa shape index (κ1) is 20.6. The smallest absolute Gasteiger partial charge is 0.407 e. The van der Waals surface area contributed by atoms with Crippen LogP contribution in [0.5, 0.6) is 0 Å². The van der Waals surface area contributed by atoms with Crippen LogP contribution in [0.2, 0.25) is 0 Å². The number of amides is 1. The summed E-state index contributed by atoms with van der Waals surface area (Å²) in [7, 11) is 0.426. The molecule has 0 radical (unpaired) electrons. The Morgan fingerprint density at radius 1 is 1.35 bits per heavy atom. The second kappa shape index (κ2) is 8.33. The van der Waals surface area contributed by atoms with Crippen molar-refractivity contribution in [3.63, 3.8) is 0 Å². The largest absolute Gasteiger partial charge is 0.465 e. The van der Waals surface area contributed by atoms with Gasteiger partial charge in [0.25, 0.3) is 0 Å². The molecule has 0 bridgehead atoms. The normalized spacial score (nSPS) is 14.0. The minimum Gasteiger partial charge on any atom is -0.465 e. The van der Waals surface area contributed by atoms with Gasteiger partial charge in [-0.05, 0) is 55.8 Å².